The first-order valence-electron chi connectivity index (χ1n) is 8.75. The van der Waals surface area contributed by atoms with Crippen LogP contribution in [0.1, 0.15) is 31.2 Å². The van der Waals surface area contributed by atoms with Gasteiger partial charge in [0.2, 0.25) is 0 Å². The lowest BCUT2D eigenvalue weighted by atomic mass is 10.1. The van der Waals surface area contributed by atoms with E-state index in [9.17, 15) is 14.3 Å². The number of nitrogens with zero attached hydrogens (tertiary/aromatic N) is 1. The summed E-state index contributed by atoms with van der Waals surface area (Å²) in [7, 11) is 0. The first-order valence-corrected chi connectivity index (χ1v) is 8.75. The monoisotopic (exact) mass is 336 g/mol. The summed E-state index contributed by atoms with van der Waals surface area (Å²) in [6, 6.07) is 5.08. The number of carbonyl (C=O) groups is 1. The van der Waals surface area contributed by atoms with Crippen LogP contribution >= 0.6 is 0 Å². The van der Waals surface area contributed by atoms with Crippen LogP contribution in [0.2, 0.25) is 0 Å². The number of para-hydroxylation sites is 1. The molecule has 1 aromatic rings. The number of hydrogen-bond donors (Lipinski definition) is 2. The minimum atomic E-state index is -0.630. The van der Waals surface area contributed by atoms with E-state index < -0.39 is 11.9 Å². The topological polar surface area (TPSA) is 61.8 Å². The van der Waals surface area contributed by atoms with E-state index in [4.69, 9.17) is 4.74 Å². The molecule has 0 aliphatic carbocycles. The van der Waals surface area contributed by atoms with Crippen molar-refractivity contribution < 1.29 is 19.0 Å². The van der Waals surface area contributed by atoms with Crippen molar-refractivity contribution in [2.45, 2.75) is 44.2 Å². The SMILES string of the molecule is O=C(NCCCCN1CCCC1CO)C1Cc2cccc(F)c2O1. The molecule has 1 fully saturated rings. The molecular formula is C18H25FN2O3. The van der Waals surface area contributed by atoms with Crippen LogP contribution in [0.15, 0.2) is 18.2 Å². The van der Waals surface area contributed by atoms with E-state index in [0.717, 1.165) is 44.3 Å². The molecule has 5 nitrogen and oxygen atoms in total. The Hall–Kier alpha value is -1.66. The maximum atomic E-state index is 13.6. The van der Waals surface area contributed by atoms with Gasteiger partial charge in [0.1, 0.15) is 0 Å². The number of ether oxygens (including phenoxy) is 1. The van der Waals surface area contributed by atoms with Crippen molar-refractivity contribution in [3.05, 3.63) is 29.6 Å². The maximum Gasteiger partial charge on any atom is 0.261 e. The van der Waals surface area contributed by atoms with E-state index in [1.165, 1.54) is 6.07 Å². The number of rotatable bonds is 7. The van der Waals surface area contributed by atoms with Gasteiger partial charge in [0, 0.05) is 24.6 Å². The number of aliphatic hydroxyl groups is 1. The molecule has 2 atom stereocenters. The Kier molecular flexibility index (Phi) is 5.68. The normalized spacial score (nSPS) is 23.1. The van der Waals surface area contributed by atoms with Crippen LogP contribution in [0, 0.1) is 5.82 Å². The molecule has 2 N–H and O–H groups in total. The van der Waals surface area contributed by atoms with Crippen molar-refractivity contribution in [3.8, 4) is 5.75 Å². The van der Waals surface area contributed by atoms with Gasteiger partial charge in [-0.05, 0) is 44.8 Å². The smallest absolute Gasteiger partial charge is 0.261 e. The van der Waals surface area contributed by atoms with Crippen molar-refractivity contribution in [2.75, 3.05) is 26.2 Å². The van der Waals surface area contributed by atoms with Crippen LogP contribution in [0.3, 0.4) is 0 Å². The Bertz CT molecular complexity index is 581. The molecule has 0 aromatic heterocycles. The second-order valence-electron chi connectivity index (χ2n) is 6.55. The maximum absolute atomic E-state index is 13.6. The number of amides is 1. The van der Waals surface area contributed by atoms with Crippen LogP contribution in [0.4, 0.5) is 4.39 Å². The van der Waals surface area contributed by atoms with Crippen molar-refractivity contribution in [2.24, 2.45) is 0 Å². The van der Waals surface area contributed by atoms with Gasteiger partial charge in [0.05, 0.1) is 6.61 Å². The summed E-state index contributed by atoms with van der Waals surface area (Å²) in [5.74, 6) is -0.381. The van der Waals surface area contributed by atoms with Crippen molar-refractivity contribution in [3.63, 3.8) is 0 Å². The third-order valence-corrected chi connectivity index (χ3v) is 4.89. The molecule has 0 radical (unpaired) electrons. The van der Waals surface area contributed by atoms with Gasteiger partial charge in [0.25, 0.3) is 5.91 Å². The molecule has 1 aromatic carbocycles. The Labute approximate surface area is 141 Å². The zero-order valence-corrected chi connectivity index (χ0v) is 13.8. The number of carbonyl (C=O) groups excluding carboxylic acids is 1. The molecule has 0 spiro atoms. The van der Waals surface area contributed by atoms with Gasteiger partial charge < -0.3 is 15.2 Å². The Morgan fingerprint density at radius 2 is 2.29 bits per heavy atom. The number of aliphatic hydroxyl groups excluding tert-OH is 1. The first-order chi connectivity index (χ1) is 11.7. The molecule has 24 heavy (non-hydrogen) atoms. The number of likely N-dealkylation sites (tertiary alicyclic amines) is 1. The zero-order valence-electron chi connectivity index (χ0n) is 13.8. The zero-order chi connectivity index (χ0) is 16.9. The number of unbranched alkanes of at least 4 members (excludes halogenated alkanes) is 1. The van der Waals surface area contributed by atoms with Crippen LogP contribution in [0.5, 0.6) is 5.75 Å². The first kappa shape index (κ1) is 17.2. The molecule has 2 aliphatic heterocycles. The number of hydrogen-bond acceptors (Lipinski definition) is 4. The summed E-state index contributed by atoms with van der Waals surface area (Å²) in [5, 5.41) is 12.2. The van der Waals surface area contributed by atoms with Gasteiger partial charge >= 0.3 is 0 Å². The molecule has 6 heteroatoms. The molecular weight excluding hydrogens is 311 g/mol. The summed E-state index contributed by atoms with van der Waals surface area (Å²) in [4.78, 5) is 14.5. The molecule has 2 unspecified atom stereocenters. The van der Waals surface area contributed by atoms with Crippen molar-refractivity contribution in [1.82, 2.24) is 10.2 Å². The summed E-state index contributed by atoms with van der Waals surface area (Å²) < 4.78 is 19.1. The lowest BCUT2D eigenvalue weighted by Gasteiger charge is -2.22. The third kappa shape index (κ3) is 3.87. The van der Waals surface area contributed by atoms with Gasteiger partial charge in [-0.1, -0.05) is 12.1 Å². The number of fused-ring (bicyclic) bond motifs is 1. The fourth-order valence-electron chi connectivity index (χ4n) is 3.54. The molecule has 1 amide bonds. The predicted molar refractivity (Wildman–Crippen MR) is 88.4 cm³/mol. The molecule has 132 valence electrons. The highest BCUT2D eigenvalue weighted by atomic mass is 19.1. The third-order valence-electron chi connectivity index (χ3n) is 4.89. The Balaban J connectivity index is 1.34. The molecule has 0 bridgehead atoms. The van der Waals surface area contributed by atoms with Gasteiger partial charge in [-0.3, -0.25) is 9.69 Å². The van der Waals surface area contributed by atoms with Gasteiger partial charge in [-0.25, -0.2) is 4.39 Å². The largest absolute Gasteiger partial charge is 0.477 e. The fraction of sp³-hybridized carbons (Fsp3) is 0.611. The van der Waals surface area contributed by atoms with Crippen molar-refractivity contribution >= 4 is 5.91 Å². The highest BCUT2D eigenvalue weighted by molar-refractivity contribution is 5.82. The van der Waals surface area contributed by atoms with Crippen LogP contribution in [-0.2, 0) is 11.2 Å². The lowest BCUT2D eigenvalue weighted by Crippen LogP contribution is -2.38. The number of halogens is 1. The van der Waals surface area contributed by atoms with E-state index in [1.807, 2.05) is 0 Å². The summed E-state index contributed by atoms with van der Waals surface area (Å²) in [6.45, 7) is 2.83. The van der Waals surface area contributed by atoms with E-state index >= 15 is 0 Å². The van der Waals surface area contributed by atoms with Gasteiger partial charge in [0.15, 0.2) is 17.7 Å². The number of nitrogens with one attached hydrogen (secondary N) is 1. The average Bonchev–Trinajstić information content (AvgIpc) is 3.21. The van der Waals surface area contributed by atoms with Crippen LogP contribution in [0.25, 0.3) is 0 Å². The number of benzene rings is 1. The predicted octanol–water partition coefficient (Wildman–Crippen LogP) is 1.48. The highest BCUT2D eigenvalue weighted by Crippen LogP contribution is 2.31. The van der Waals surface area contributed by atoms with Crippen LogP contribution in [-0.4, -0.2) is 54.3 Å². The Morgan fingerprint density at radius 3 is 3.08 bits per heavy atom. The van der Waals surface area contributed by atoms with Crippen LogP contribution < -0.4 is 10.1 Å². The molecule has 1 saturated heterocycles. The van der Waals surface area contributed by atoms with E-state index in [0.29, 0.717) is 19.0 Å². The quantitative estimate of drug-likeness (QED) is 0.741. The summed E-state index contributed by atoms with van der Waals surface area (Å²) in [6.07, 6.45) is 3.88. The average molecular weight is 336 g/mol. The lowest BCUT2D eigenvalue weighted by molar-refractivity contribution is -0.127. The van der Waals surface area contributed by atoms with E-state index in [2.05, 4.69) is 10.2 Å². The molecule has 3 rings (SSSR count). The summed E-state index contributed by atoms with van der Waals surface area (Å²) >= 11 is 0. The van der Waals surface area contributed by atoms with E-state index in [-0.39, 0.29) is 18.3 Å². The van der Waals surface area contributed by atoms with E-state index in [1.54, 1.807) is 12.1 Å². The minimum absolute atomic E-state index is 0.181. The second-order valence-corrected chi connectivity index (χ2v) is 6.55. The second kappa shape index (κ2) is 7.94. The van der Waals surface area contributed by atoms with Crippen molar-refractivity contribution in [1.29, 1.82) is 0 Å². The standard InChI is InChI=1S/C18H25FN2O3/c19-15-7-3-5-13-11-16(24-17(13)15)18(23)20-8-1-2-9-21-10-4-6-14(21)12-22/h3,5,7,14,16,22H,1-2,4,6,8-12H2,(H,20,23). The molecule has 2 heterocycles. The molecule has 2 aliphatic rings. The van der Waals surface area contributed by atoms with Gasteiger partial charge in [-0.2, -0.15) is 0 Å². The molecule has 0 saturated carbocycles. The van der Waals surface area contributed by atoms with Gasteiger partial charge in [-0.15, -0.1) is 0 Å². The Morgan fingerprint density at radius 1 is 1.42 bits per heavy atom. The highest BCUT2D eigenvalue weighted by Gasteiger charge is 2.30. The fourth-order valence-corrected chi connectivity index (χ4v) is 3.54. The summed E-state index contributed by atoms with van der Waals surface area (Å²) in [5.41, 5.74) is 0.749. The minimum Gasteiger partial charge on any atom is -0.477 e.